The predicted octanol–water partition coefficient (Wildman–Crippen LogP) is 1.19. The van der Waals surface area contributed by atoms with Crippen LogP contribution in [0.5, 0.6) is 0 Å². The van der Waals surface area contributed by atoms with Crippen molar-refractivity contribution in [3.63, 3.8) is 0 Å². The van der Waals surface area contributed by atoms with Crippen molar-refractivity contribution in [2.45, 2.75) is 39.3 Å². The topological polar surface area (TPSA) is 51.3 Å². The lowest BCUT2D eigenvalue weighted by molar-refractivity contribution is 0.410. The van der Waals surface area contributed by atoms with E-state index in [4.69, 9.17) is 0 Å². The molecule has 102 valence electrons. The third-order valence-corrected chi connectivity index (χ3v) is 3.78. The van der Waals surface area contributed by atoms with E-state index in [1.165, 1.54) is 12.8 Å². The molecule has 1 saturated carbocycles. The fraction of sp³-hybridized carbons (Fsp3) is 0.571. The first-order valence-corrected chi connectivity index (χ1v) is 6.98. The second-order valence-electron chi connectivity index (χ2n) is 5.37. The van der Waals surface area contributed by atoms with Crippen LogP contribution in [-0.2, 0) is 6.54 Å². The fourth-order valence-electron chi connectivity index (χ4n) is 2.65. The monoisotopic (exact) mass is 260 g/mol. The molecular formula is C14H20N4O. The first-order chi connectivity index (χ1) is 9.19. The Bertz CT molecular complexity index is 638. The van der Waals surface area contributed by atoms with E-state index in [2.05, 4.69) is 17.3 Å². The molecule has 1 aliphatic carbocycles. The third-order valence-electron chi connectivity index (χ3n) is 3.78. The van der Waals surface area contributed by atoms with Gasteiger partial charge in [0.1, 0.15) is 5.52 Å². The van der Waals surface area contributed by atoms with Gasteiger partial charge in [0.25, 0.3) is 5.56 Å². The van der Waals surface area contributed by atoms with E-state index < -0.39 is 0 Å². The van der Waals surface area contributed by atoms with Crippen LogP contribution in [0, 0.1) is 12.8 Å². The van der Waals surface area contributed by atoms with Crippen LogP contribution < -0.4 is 10.9 Å². The van der Waals surface area contributed by atoms with Crippen molar-refractivity contribution in [2.75, 3.05) is 6.54 Å². The van der Waals surface area contributed by atoms with Crippen LogP contribution in [0.1, 0.15) is 25.5 Å². The maximum atomic E-state index is 12.4. The Kier molecular flexibility index (Phi) is 3.14. The highest BCUT2D eigenvalue weighted by molar-refractivity contribution is 5.44. The van der Waals surface area contributed by atoms with Crippen molar-refractivity contribution in [2.24, 2.45) is 5.92 Å². The number of nitrogens with zero attached hydrogens (tertiary/aromatic N) is 3. The van der Waals surface area contributed by atoms with Gasteiger partial charge in [-0.2, -0.15) is 5.10 Å². The summed E-state index contributed by atoms with van der Waals surface area (Å²) in [6.07, 6.45) is 6.26. The van der Waals surface area contributed by atoms with Gasteiger partial charge in [-0.1, -0.05) is 6.92 Å². The van der Waals surface area contributed by atoms with Crippen LogP contribution in [-0.4, -0.2) is 26.8 Å². The molecule has 1 atom stereocenters. The maximum absolute atomic E-state index is 12.4. The molecule has 5 nitrogen and oxygen atoms in total. The lowest BCUT2D eigenvalue weighted by atomic mass is 10.2. The van der Waals surface area contributed by atoms with Crippen LogP contribution in [0.2, 0.25) is 0 Å². The molecule has 1 fully saturated rings. The number of rotatable bonds is 5. The predicted molar refractivity (Wildman–Crippen MR) is 74.4 cm³/mol. The lowest BCUT2D eigenvalue weighted by Crippen LogP contribution is -2.38. The molecule has 0 amide bonds. The molecule has 0 aromatic carbocycles. The number of hydrogen-bond donors (Lipinski definition) is 1. The third kappa shape index (κ3) is 2.42. The van der Waals surface area contributed by atoms with E-state index in [1.807, 2.05) is 30.0 Å². The minimum Gasteiger partial charge on any atom is -0.312 e. The molecule has 0 bridgehead atoms. The largest absolute Gasteiger partial charge is 0.312 e. The SMILES string of the molecule is CCNC(Cn1ccn2nc(C)cc2c1=O)C1CC1. The Balaban J connectivity index is 1.91. The highest BCUT2D eigenvalue weighted by atomic mass is 16.1. The number of aromatic nitrogens is 3. The van der Waals surface area contributed by atoms with Crippen LogP contribution in [0.15, 0.2) is 23.3 Å². The lowest BCUT2D eigenvalue weighted by Gasteiger charge is -2.18. The first-order valence-electron chi connectivity index (χ1n) is 6.98. The average molecular weight is 260 g/mol. The summed E-state index contributed by atoms with van der Waals surface area (Å²) in [6.45, 7) is 5.71. The van der Waals surface area contributed by atoms with Crippen LogP contribution in [0.3, 0.4) is 0 Å². The second-order valence-corrected chi connectivity index (χ2v) is 5.37. The van der Waals surface area contributed by atoms with E-state index in [1.54, 1.807) is 4.52 Å². The normalized spacial score (nSPS) is 16.9. The van der Waals surface area contributed by atoms with Gasteiger partial charge in [-0.05, 0) is 38.3 Å². The number of likely N-dealkylation sites (N-methyl/N-ethyl adjacent to an activating group) is 1. The molecule has 19 heavy (non-hydrogen) atoms. The molecule has 0 radical (unpaired) electrons. The Morgan fingerprint density at radius 2 is 2.26 bits per heavy atom. The number of hydrogen-bond acceptors (Lipinski definition) is 3. The minimum atomic E-state index is 0.0478. The molecule has 5 heteroatoms. The zero-order valence-electron chi connectivity index (χ0n) is 11.5. The van der Waals surface area contributed by atoms with Gasteiger partial charge < -0.3 is 9.88 Å². The average Bonchev–Trinajstić information content (AvgIpc) is 3.15. The fourth-order valence-corrected chi connectivity index (χ4v) is 2.65. The highest BCUT2D eigenvalue weighted by Crippen LogP contribution is 2.33. The summed E-state index contributed by atoms with van der Waals surface area (Å²) in [5.41, 5.74) is 1.58. The Hall–Kier alpha value is -1.62. The summed E-state index contributed by atoms with van der Waals surface area (Å²) in [5.74, 6) is 0.731. The maximum Gasteiger partial charge on any atom is 0.276 e. The minimum absolute atomic E-state index is 0.0478. The zero-order chi connectivity index (χ0) is 13.4. The summed E-state index contributed by atoms with van der Waals surface area (Å²) < 4.78 is 3.47. The van der Waals surface area contributed by atoms with Gasteiger partial charge in [0.2, 0.25) is 0 Å². The van der Waals surface area contributed by atoms with E-state index in [0.29, 0.717) is 11.6 Å². The van der Waals surface area contributed by atoms with Crippen LogP contribution in [0.25, 0.3) is 5.52 Å². The molecular weight excluding hydrogens is 240 g/mol. The van der Waals surface area contributed by atoms with E-state index >= 15 is 0 Å². The molecule has 2 aromatic rings. The highest BCUT2D eigenvalue weighted by Gasteiger charge is 2.30. The second kappa shape index (κ2) is 4.81. The zero-order valence-corrected chi connectivity index (χ0v) is 11.5. The number of aryl methyl sites for hydroxylation is 1. The molecule has 2 aromatic heterocycles. The molecule has 0 saturated heterocycles. The van der Waals surface area contributed by atoms with Gasteiger partial charge in [-0.25, -0.2) is 4.52 Å². The van der Waals surface area contributed by atoms with E-state index in [0.717, 1.165) is 24.7 Å². The van der Waals surface area contributed by atoms with Crippen molar-refractivity contribution < 1.29 is 0 Å². The van der Waals surface area contributed by atoms with Crippen LogP contribution >= 0.6 is 0 Å². The van der Waals surface area contributed by atoms with E-state index in [9.17, 15) is 4.79 Å². The smallest absolute Gasteiger partial charge is 0.276 e. The van der Waals surface area contributed by atoms with Crippen LogP contribution in [0.4, 0.5) is 0 Å². The van der Waals surface area contributed by atoms with Crippen molar-refractivity contribution >= 4 is 5.52 Å². The van der Waals surface area contributed by atoms with Gasteiger partial charge in [0.15, 0.2) is 0 Å². The molecule has 1 N–H and O–H groups in total. The number of fused-ring (bicyclic) bond motifs is 1. The Morgan fingerprint density at radius 1 is 1.47 bits per heavy atom. The molecule has 3 rings (SSSR count). The first kappa shape index (κ1) is 12.4. The summed E-state index contributed by atoms with van der Waals surface area (Å²) in [4.78, 5) is 12.4. The Labute approximate surface area is 112 Å². The molecule has 0 aliphatic heterocycles. The van der Waals surface area contributed by atoms with Gasteiger partial charge >= 0.3 is 0 Å². The van der Waals surface area contributed by atoms with Crippen molar-refractivity contribution in [3.8, 4) is 0 Å². The summed E-state index contributed by atoms with van der Waals surface area (Å²) in [5, 5.41) is 7.76. The summed E-state index contributed by atoms with van der Waals surface area (Å²) in [6, 6.07) is 2.26. The van der Waals surface area contributed by atoms with Gasteiger partial charge in [0, 0.05) is 25.0 Å². The molecule has 0 spiro atoms. The van der Waals surface area contributed by atoms with Crippen molar-refractivity contribution in [3.05, 3.63) is 34.5 Å². The van der Waals surface area contributed by atoms with Crippen molar-refractivity contribution in [1.82, 2.24) is 19.5 Å². The number of nitrogens with one attached hydrogen (secondary N) is 1. The van der Waals surface area contributed by atoms with E-state index in [-0.39, 0.29) is 5.56 Å². The van der Waals surface area contributed by atoms with Crippen molar-refractivity contribution in [1.29, 1.82) is 0 Å². The summed E-state index contributed by atoms with van der Waals surface area (Å²) in [7, 11) is 0. The summed E-state index contributed by atoms with van der Waals surface area (Å²) >= 11 is 0. The van der Waals surface area contributed by atoms with Gasteiger partial charge in [-0.3, -0.25) is 4.79 Å². The standard InChI is InChI=1S/C14H20N4O/c1-3-15-12(11-4-5-11)9-17-6-7-18-13(14(17)19)8-10(2)16-18/h6-8,11-12,15H,3-5,9H2,1-2H3. The van der Waals surface area contributed by atoms with Gasteiger partial charge in [-0.15, -0.1) is 0 Å². The Morgan fingerprint density at radius 3 is 2.95 bits per heavy atom. The molecule has 2 heterocycles. The molecule has 1 unspecified atom stereocenters. The quantitative estimate of drug-likeness (QED) is 0.878. The van der Waals surface area contributed by atoms with Gasteiger partial charge in [0.05, 0.1) is 5.69 Å². The molecule has 1 aliphatic rings.